The normalized spacial score (nSPS) is 32.4. The molecule has 2 aliphatic rings. The van der Waals surface area contributed by atoms with Gasteiger partial charge in [0.1, 0.15) is 0 Å². The molecule has 0 amide bonds. The van der Waals surface area contributed by atoms with Crippen LogP contribution in [-0.2, 0) is 0 Å². The molecular weight excluding hydrogens is 244 g/mol. The lowest BCUT2D eigenvalue weighted by molar-refractivity contribution is 0.00271. The lowest BCUT2D eigenvalue weighted by Gasteiger charge is -2.51. The molecule has 2 rings (SSSR count). The summed E-state index contributed by atoms with van der Waals surface area (Å²) < 4.78 is 0. The molecule has 20 heavy (non-hydrogen) atoms. The van der Waals surface area contributed by atoms with E-state index in [9.17, 15) is 0 Å². The molecule has 0 spiro atoms. The van der Waals surface area contributed by atoms with E-state index < -0.39 is 0 Å². The van der Waals surface area contributed by atoms with E-state index >= 15 is 0 Å². The molecule has 2 fully saturated rings. The second-order valence-corrected chi connectivity index (χ2v) is 7.94. The van der Waals surface area contributed by atoms with E-state index in [2.05, 4.69) is 25.7 Å². The van der Waals surface area contributed by atoms with Gasteiger partial charge < -0.3 is 5.73 Å². The van der Waals surface area contributed by atoms with Crippen LogP contribution in [0, 0.1) is 11.8 Å². The van der Waals surface area contributed by atoms with Crippen molar-refractivity contribution in [3.05, 3.63) is 0 Å². The molecule has 0 heterocycles. The van der Waals surface area contributed by atoms with Gasteiger partial charge in [-0.05, 0) is 50.5 Å². The van der Waals surface area contributed by atoms with Gasteiger partial charge >= 0.3 is 0 Å². The monoisotopic (exact) mass is 280 g/mol. The summed E-state index contributed by atoms with van der Waals surface area (Å²) in [5.74, 6) is 1.66. The lowest BCUT2D eigenvalue weighted by atomic mass is 9.74. The summed E-state index contributed by atoms with van der Waals surface area (Å²) in [7, 11) is 0. The molecule has 0 aromatic rings. The zero-order valence-corrected chi connectivity index (χ0v) is 14.0. The fourth-order valence-corrected chi connectivity index (χ4v) is 4.62. The van der Waals surface area contributed by atoms with Crippen molar-refractivity contribution in [3.8, 4) is 0 Å². The highest BCUT2D eigenvalue weighted by molar-refractivity contribution is 4.99. The van der Waals surface area contributed by atoms with Gasteiger partial charge in [-0.2, -0.15) is 0 Å². The fourth-order valence-electron chi connectivity index (χ4n) is 4.62. The maximum Gasteiger partial charge on any atom is 0.0337 e. The summed E-state index contributed by atoms with van der Waals surface area (Å²) in [5.41, 5.74) is 6.65. The van der Waals surface area contributed by atoms with Crippen LogP contribution in [0.3, 0.4) is 0 Å². The van der Waals surface area contributed by atoms with Gasteiger partial charge in [0.15, 0.2) is 0 Å². The van der Waals surface area contributed by atoms with Gasteiger partial charge in [0, 0.05) is 18.1 Å². The number of hydrogen-bond acceptors (Lipinski definition) is 2. The van der Waals surface area contributed by atoms with Crippen LogP contribution in [0.4, 0.5) is 0 Å². The third-order valence-electron chi connectivity index (χ3n) is 5.77. The fraction of sp³-hybridized carbons (Fsp3) is 1.00. The summed E-state index contributed by atoms with van der Waals surface area (Å²) in [6.45, 7) is 9.27. The highest BCUT2D eigenvalue weighted by Crippen LogP contribution is 2.40. The molecule has 0 radical (unpaired) electrons. The first-order chi connectivity index (χ1) is 9.57. The van der Waals surface area contributed by atoms with E-state index in [4.69, 9.17) is 5.73 Å². The van der Waals surface area contributed by atoms with Gasteiger partial charge in [-0.25, -0.2) is 0 Å². The summed E-state index contributed by atoms with van der Waals surface area (Å²) in [5, 5.41) is 0. The minimum Gasteiger partial charge on any atom is -0.329 e. The number of rotatable bonds is 6. The Bertz CT molecular complexity index is 283. The maximum atomic E-state index is 6.33. The molecule has 0 aromatic carbocycles. The van der Waals surface area contributed by atoms with E-state index in [1.165, 1.54) is 64.3 Å². The molecule has 2 aliphatic carbocycles. The Hall–Kier alpha value is -0.0800. The smallest absolute Gasteiger partial charge is 0.0337 e. The molecule has 0 aromatic heterocycles. The topological polar surface area (TPSA) is 29.3 Å². The second kappa shape index (κ2) is 7.26. The summed E-state index contributed by atoms with van der Waals surface area (Å²) in [6.07, 6.45) is 12.5. The Balaban J connectivity index is 2.12. The molecule has 2 heteroatoms. The van der Waals surface area contributed by atoms with Crippen LogP contribution >= 0.6 is 0 Å². The van der Waals surface area contributed by atoms with Crippen molar-refractivity contribution in [3.63, 3.8) is 0 Å². The predicted octanol–water partition coefficient (Wildman–Crippen LogP) is 4.18. The SMILES string of the molecule is CC(C)CCN(C1CCCC1)C1(CN)CCCC(C)C1. The Morgan fingerprint density at radius 1 is 1.15 bits per heavy atom. The van der Waals surface area contributed by atoms with Gasteiger partial charge in [-0.1, -0.05) is 46.5 Å². The Morgan fingerprint density at radius 3 is 2.40 bits per heavy atom. The van der Waals surface area contributed by atoms with Crippen molar-refractivity contribution < 1.29 is 0 Å². The second-order valence-electron chi connectivity index (χ2n) is 7.94. The van der Waals surface area contributed by atoms with Crippen molar-refractivity contribution in [2.75, 3.05) is 13.1 Å². The molecule has 2 unspecified atom stereocenters. The first-order valence-corrected chi connectivity index (χ1v) is 9.04. The lowest BCUT2D eigenvalue weighted by Crippen LogP contribution is -2.59. The van der Waals surface area contributed by atoms with Gasteiger partial charge in [-0.3, -0.25) is 4.90 Å². The molecule has 2 saturated carbocycles. The molecule has 2 nitrogen and oxygen atoms in total. The Morgan fingerprint density at radius 2 is 1.85 bits per heavy atom. The van der Waals surface area contributed by atoms with E-state index in [-0.39, 0.29) is 0 Å². The van der Waals surface area contributed by atoms with Crippen molar-refractivity contribution in [1.29, 1.82) is 0 Å². The average Bonchev–Trinajstić information content (AvgIpc) is 2.92. The van der Waals surface area contributed by atoms with Crippen LogP contribution < -0.4 is 5.73 Å². The van der Waals surface area contributed by atoms with E-state index in [0.717, 1.165) is 24.4 Å². The van der Waals surface area contributed by atoms with E-state index in [0.29, 0.717) is 5.54 Å². The van der Waals surface area contributed by atoms with Gasteiger partial charge in [-0.15, -0.1) is 0 Å². The molecule has 2 N–H and O–H groups in total. The highest BCUT2D eigenvalue weighted by atomic mass is 15.2. The van der Waals surface area contributed by atoms with Crippen molar-refractivity contribution in [2.45, 2.75) is 90.1 Å². The van der Waals surface area contributed by atoms with Crippen molar-refractivity contribution >= 4 is 0 Å². The largest absolute Gasteiger partial charge is 0.329 e. The van der Waals surface area contributed by atoms with Crippen LogP contribution in [0.2, 0.25) is 0 Å². The summed E-state index contributed by atoms with van der Waals surface area (Å²) in [4.78, 5) is 2.88. The molecule has 0 aliphatic heterocycles. The number of nitrogens with zero attached hydrogens (tertiary/aromatic N) is 1. The molecule has 118 valence electrons. The van der Waals surface area contributed by atoms with Crippen LogP contribution in [0.1, 0.15) is 78.6 Å². The van der Waals surface area contributed by atoms with Crippen LogP contribution in [-0.4, -0.2) is 29.6 Å². The number of hydrogen-bond donors (Lipinski definition) is 1. The highest BCUT2D eigenvalue weighted by Gasteiger charge is 2.42. The zero-order chi connectivity index (χ0) is 14.6. The first-order valence-electron chi connectivity index (χ1n) is 9.04. The predicted molar refractivity (Wildman–Crippen MR) is 87.8 cm³/mol. The van der Waals surface area contributed by atoms with Crippen LogP contribution in [0.25, 0.3) is 0 Å². The zero-order valence-electron chi connectivity index (χ0n) is 14.0. The molecular formula is C18H36N2. The third-order valence-corrected chi connectivity index (χ3v) is 5.77. The van der Waals surface area contributed by atoms with Gasteiger partial charge in [0.2, 0.25) is 0 Å². The minimum atomic E-state index is 0.321. The van der Waals surface area contributed by atoms with Gasteiger partial charge in [0.25, 0.3) is 0 Å². The average molecular weight is 280 g/mol. The van der Waals surface area contributed by atoms with E-state index in [1.807, 2.05) is 0 Å². The minimum absolute atomic E-state index is 0.321. The Labute approximate surface area is 126 Å². The third kappa shape index (κ3) is 3.76. The molecule has 0 saturated heterocycles. The summed E-state index contributed by atoms with van der Waals surface area (Å²) >= 11 is 0. The maximum absolute atomic E-state index is 6.33. The molecule has 0 bridgehead atoms. The number of nitrogens with two attached hydrogens (primary N) is 1. The van der Waals surface area contributed by atoms with Crippen molar-refractivity contribution in [2.24, 2.45) is 17.6 Å². The first kappa shape index (κ1) is 16.3. The standard InChI is InChI=1S/C18H36N2/c1-15(2)10-12-20(17-8-4-5-9-17)18(14-19)11-6-7-16(3)13-18/h15-17H,4-14,19H2,1-3H3. The van der Waals surface area contributed by atoms with E-state index in [1.54, 1.807) is 0 Å². The Kier molecular flexibility index (Phi) is 5.92. The quantitative estimate of drug-likeness (QED) is 0.790. The van der Waals surface area contributed by atoms with Crippen molar-refractivity contribution in [1.82, 2.24) is 4.90 Å². The van der Waals surface area contributed by atoms with Crippen LogP contribution in [0.15, 0.2) is 0 Å². The van der Waals surface area contributed by atoms with Crippen LogP contribution in [0.5, 0.6) is 0 Å². The van der Waals surface area contributed by atoms with Gasteiger partial charge in [0.05, 0.1) is 0 Å². The molecule has 2 atom stereocenters. The summed E-state index contributed by atoms with van der Waals surface area (Å²) in [6, 6.07) is 0.822.